The highest BCUT2D eigenvalue weighted by Gasteiger charge is 2.19. The molecule has 0 N–H and O–H groups in total. The van der Waals surface area contributed by atoms with Crippen molar-refractivity contribution in [2.45, 2.75) is 0 Å². The molecule has 0 unspecified atom stereocenters. The first-order chi connectivity index (χ1) is 28.3. The van der Waals surface area contributed by atoms with E-state index >= 15 is 0 Å². The van der Waals surface area contributed by atoms with Gasteiger partial charge in [-0.05, 0) is 59.7 Å². The number of nitrogens with zero attached hydrogens (tertiary/aromatic N) is 5. The highest BCUT2D eigenvalue weighted by Crippen LogP contribution is 2.42. The van der Waals surface area contributed by atoms with Gasteiger partial charge in [0.05, 0.1) is 32.3 Å². The van der Waals surface area contributed by atoms with Gasteiger partial charge >= 0.3 is 0 Å². The minimum Gasteiger partial charge on any atom is -0.292 e. The van der Waals surface area contributed by atoms with Crippen LogP contribution in [0, 0.1) is 0 Å². The second-order valence-corrected chi connectivity index (χ2v) is 15.1. The summed E-state index contributed by atoms with van der Waals surface area (Å²) in [5.41, 5.74) is 15.0. The Kier molecular flexibility index (Phi) is 7.93. The highest BCUT2D eigenvalue weighted by atomic mass is 32.1. The van der Waals surface area contributed by atoms with Crippen LogP contribution < -0.4 is 0 Å². The van der Waals surface area contributed by atoms with Crippen LogP contribution in [0.15, 0.2) is 200 Å². The number of imidazole rings is 2. The Morgan fingerprint density at radius 3 is 1.28 bits per heavy atom. The van der Waals surface area contributed by atoms with E-state index in [4.69, 9.17) is 15.0 Å². The Hall–Kier alpha value is -7.41. The van der Waals surface area contributed by atoms with Gasteiger partial charge in [0.25, 0.3) is 0 Å². The molecule has 0 saturated carbocycles. The van der Waals surface area contributed by atoms with E-state index in [2.05, 4.69) is 185 Å². The molecule has 0 aliphatic heterocycles. The van der Waals surface area contributed by atoms with Gasteiger partial charge in [0.15, 0.2) is 0 Å². The van der Waals surface area contributed by atoms with Gasteiger partial charge in [-0.3, -0.25) is 9.13 Å². The van der Waals surface area contributed by atoms with Crippen molar-refractivity contribution in [1.82, 2.24) is 24.1 Å². The molecule has 0 fully saturated rings. The molecule has 3 heterocycles. The smallest absolute Gasteiger partial charge is 0.145 e. The number of benzene rings is 8. The molecule has 0 bridgehead atoms. The number of thiazole rings is 1. The van der Waals surface area contributed by atoms with E-state index in [0.717, 1.165) is 99.3 Å². The molecule has 57 heavy (non-hydrogen) atoms. The van der Waals surface area contributed by atoms with Crippen molar-refractivity contribution in [1.29, 1.82) is 0 Å². The van der Waals surface area contributed by atoms with E-state index in [-0.39, 0.29) is 0 Å². The summed E-state index contributed by atoms with van der Waals surface area (Å²) in [6.07, 6.45) is 0. The molecule has 11 rings (SSSR count). The second-order valence-electron chi connectivity index (χ2n) is 14.1. The highest BCUT2D eigenvalue weighted by molar-refractivity contribution is 7.22. The SMILES string of the molecule is c1ccc(-c2nc3c(-c4ccc(-c5nc6ccccc6n5-c5ccccc5)cc4)ccc(-c4ccc(-c5nc6ccccc6n5-c5ccccc5)cc4)c3s2)cc1. The summed E-state index contributed by atoms with van der Waals surface area (Å²) >= 11 is 1.75. The Labute approximate surface area is 333 Å². The number of hydrogen-bond donors (Lipinski definition) is 0. The Bertz CT molecular complexity index is 3000. The number of para-hydroxylation sites is 6. The van der Waals surface area contributed by atoms with Gasteiger partial charge in [0.2, 0.25) is 0 Å². The van der Waals surface area contributed by atoms with Gasteiger partial charge in [0.1, 0.15) is 16.7 Å². The lowest BCUT2D eigenvalue weighted by molar-refractivity contribution is 1.10. The van der Waals surface area contributed by atoms with Crippen molar-refractivity contribution < 1.29 is 0 Å². The van der Waals surface area contributed by atoms with Crippen LogP contribution in [0.25, 0.3) is 99.3 Å². The number of rotatable bonds is 7. The minimum absolute atomic E-state index is 0.914. The molecule has 0 radical (unpaired) electrons. The van der Waals surface area contributed by atoms with Crippen LogP contribution in [0.3, 0.4) is 0 Å². The van der Waals surface area contributed by atoms with Crippen molar-refractivity contribution >= 4 is 43.6 Å². The topological polar surface area (TPSA) is 48.5 Å². The van der Waals surface area contributed by atoms with Crippen LogP contribution in [0.4, 0.5) is 0 Å². The number of fused-ring (bicyclic) bond motifs is 3. The molecule has 0 spiro atoms. The quantitative estimate of drug-likeness (QED) is 0.163. The summed E-state index contributed by atoms with van der Waals surface area (Å²) < 4.78 is 5.65. The third-order valence-electron chi connectivity index (χ3n) is 10.6. The maximum Gasteiger partial charge on any atom is 0.145 e. The van der Waals surface area contributed by atoms with E-state index in [1.807, 2.05) is 24.3 Å². The molecular formula is C51H33N5S. The average Bonchev–Trinajstić information content (AvgIpc) is 4.02. The van der Waals surface area contributed by atoms with Crippen molar-refractivity contribution in [2.75, 3.05) is 0 Å². The van der Waals surface area contributed by atoms with Crippen LogP contribution in [0.5, 0.6) is 0 Å². The first-order valence-corrected chi connectivity index (χ1v) is 19.8. The van der Waals surface area contributed by atoms with Crippen LogP contribution in [-0.4, -0.2) is 24.1 Å². The van der Waals surface area contributed by atoms with Crippen molar-refractivity contribution in [2.24, 2.45) is 0 Å². The molecule has 0 amide bonds. The standard InChI is InChI=1S/C51H33N5S/c1-4-14-38(15-5-1)51-54-47-41(34-24-28-36(29-25-34)49-52-43-20-10-12-22-45(43)55(49)39-16-6-2-7-17-39)32-33-42(48(47)57-51)35-26-30-37(31-27-35)50-53-44-21-11-13-23-46(44)56(50)40-18-8-3-9-19-40/h1-33H. The Morgan fingerprint density at radius 2 is 0.754 bits per heavy atom. The third-order valence-corrected chi connectivity index (χ3v) is 11.8. The van der Waals surface area contributed by atoms with Crippen LogP contribution in [0.1, 0.15) is 0 Å². The van der Waals surface area contributed by atoms with E-state index in [9.17, 15) is 0 Å². The first kappa shape index (κ1) is 33.0. The van der Waals surface area contributed by atoms with E-state index in [0.29, 0.717) is 0 Å². The van der Waals surface area contributed by atoms with Crippen molar-refractivity contribution in [3.05, 3.63) is 200 Å². The van der Waals surface area contributed by atoms with Gasteiger partial charge in [0, 0.05) is 39.2 Å². The summed E-state index contributed by atoms with van der Waals surface area (Å²) in [5, 5.41) is 1.00. The maximum absolute atomic E-state index is 5.33. The van der Waals surface area contributed by atoms with Crippen molar-refractivity contribution in [3.63, 3.8) is 0 Å². The molecule has 0 aliphatic rings. The van der Waals surface area contributed by atoms with Crippen LogP contribution in [0.2, 0.25) is 0 Å². The van der Waals surface area contributed by atoms with E-state index in [1.54, 1.807) is 11.3 Å². The molecule has 3 aromatic heterocycles. The fourth-order valence-electron chi connectivity index (χ4n) is 7.88. The predicted octanol–water partition coefficient (Wildman–Crippen LogP) is 13.3. The molecule has 0 aliphatic carbocycles. The zero-order valence-electron chi connectivity index (χ0n) is 30.7. The van der Waals surface area contributed by atoms with Gasteiger partial charge < -0.3 is 0 Å². The molecule has 268 valence electrons. The Balaban J connectivity index is 1.01. The molecule has 11 aromatic rings. The largest absolute Gasteiger partial charge is 0.292 e. The molecule has 0 atom stereocenters. The zero-order chi connectivity index (χ0) is 37.7. The summed E-state index contributed by atoms with van der Waals surface area (Å²) in [7, 11) is 0. The molecule has 5 nitrogen and oxygen atoms in total. The summed E-state index contributed by atoms with van der Waals surface area (Å²) in [5.74, 6) is 1.83. The fourth-order valence-corrected chi connectivity index (χ4v) is 9.02. The van der Waals surface area contributed by atoms with Crippen LogP contribution in [-0.2, 0) is 0 Å². The minimum atomic E-state index is 0.914. The number of hydrogen-bond acceptors (Lipinski definition) is 4. The van der Waals surface area contributed by atoms with Gasteiger partial charge in [-0.1, -0.05) is 152 Å². The Morgan fingerprint density at radius 1 is 0.333 bits per heavy atom. The fraction of sp³-hybridized carbons (Fsp3) is 0. The first-order valence-electron chi connectivity index (χ1n) is 19.0. The maximum atomic E-state index is 5.33. The lowest BCUT2D eigenvalue weighted by Gasteiger charge is -2.12. The molecule has 6 heteroatoms. The average molecular weight is 748 g/mol. The van der Waals surface area contributed by atoms with Gasteiger partial charge in [-0.15, -0.1) is 11.3 Å². The zero-order valence-corrected chi connectivity index (χ0v) is 31.5. The normalized spacial score (nSPS) is 11.5. The van der Waals surface area contributed by atoms with E-state index in [1.165, 1.54) is 0 Å². The molecule has 8 aromatic carbocycles. The van der Waals surface area contributed by atoms with Crippen LogP contribution >= 0.6 is 11.3 Å². The third kappa shape index (κ3) is 5.74. The summed E-state index contributed by atoms with van der Waals surface area (Å²) in [6.45, 7) is 0. The summed E-state index contributed by atoms with van der Waals surface area (Å²) in [6, 6.07) is 70.1. The van der Waals surface area contributed by atoms with Gasteiger partial charge in [-0.25, -0.2) is 15.0 Å². The number of aromatic nitrogens is 5. The second kappa shape index (κ2) is 13.7. The lowest BCUT2D eigenvalue weighted by atomic mass is 9.97. The monoisotopic (exact) mass is 747 g/mol. The molecule has 0 saturated heterocycles. The lowest BCUT2D eigenvalue weighted by Crippen LogP contribution is -1.97. The molecular weight excluding hydrogens is 715 g/mol. The van der Waals surface area contributed by atoms with Gasteiger partial charge in [-0.2, -0.15) is 0 Å². The van der Waals surface area contributed by atoms with E-state index < -0.39 is 0 Å². The van der Waals surface area contributed by atoms with Crippen molar-refractivity contribution in [3.8, 4) is 67.0 Å². The summed E-state index contributed by atoms with van der Waals surface area (Å²) in [4.78, 5) is 15.5. The predicted molar refractivity (Wildman–Crippen MR) is 236 cm³/mol.